The number of hydrazone groups is 1. The van der Waals surface area contributed by atoms with Gasteiger partial charge in [-0.2, -0.15) is 5.10 Å². The van der Waals surface area contributed by atoms with E-state index in [4.69, 9.17) is 5.73 Å². The van der Waals surface area contributed by atoms with E-state index in [1.807, 2.05) is 0 Å². The molecule has 0 fully saturated rings. The van der Waals surface area contributed by atoms with Gasteiger partial charge in [0.25, 0.3) is 0 Å². The average Bonchev–Trinajstić information content (AvgIpc) is 2.50. The van der Waals surface area contributed by atoms with E-state index in [0.29, 0.717) is 5.92 Å². The van der Waals surface area contributed by atoms with Crippen LogP contribution < -0.4 is 28.7 Å². The van der Waals surface area contributed by atoms with E-state index in [-0.39, 0.29) is 42.7 Å². The van der Waals surface area contributed by atoms with E-state index in [9.17, 15) is 5.11 Å². The summed E-state index contributed by atoms with van der Waals surface area (Å²) in [5.74, 6) is 0.625. The molecule has 4 nitrogen and oxygen atoms in total. The van der Waals surface area contributed by atoms with Crippen molar-refractivity contribution in [2.75, 3.05) is 0 Å². The minimum Gasteiger partial charge on any atom is -1.00 e. The second-order valence-corrected chi connectivity index (χ2v) is 5.81. The molecule has 136 valence electrons. The minimum absolute atomic E-state index is 0. The quantitative estimate of drug-likeness (QED) is 0.291. The van der Waals surface area contributed by atoms with Gasteiger partial charge in [-0.1, -0.05) is 67.9 Å². The Morgan fingerprint density at radius 3 is 2.08 bits per heavy atom. The molecule has 3 N–H and O–H groups in total. The van der Waals surface area contributed by atoms with Gasteiger partial charge in [-0.05, 0) is 36.2 Å². The average molecular weight is 465 g/mol. The molecule has 25 heavy (non-hydrogen) atoms. The molecule has 0 heterocycles. The molecule has 7 heteroatoms. The molecule has 0 bridgehead atoms. The molecule has 0 aliphatic rings. The van der Waals surface area contributed by atoms with Crippen LogP contribution in [0.4, 0.5) is 0 Å². The summed E-state index contributed by atoms with van der Waals surface area (Å²) in [5, 5.41) is 14.5. The number of rotatable bonds is 3. The van der Waals surface area contributed by atoms with Crippen molar-refractivity contribution in [3.63, 3.8) is 0 Å². The molecule has 0 atom stereocenters. The van der Waals surface area contributed by atoms with Crippen LogP contribution in [0.3, 0.4) is 0 Å². The van der Waals surface area contributed by atoms with Crippen LogP contribution in [0, 0.1) is 6.92 Å². The zero-order valence-electron chi connectivity index (χ0n) is 14.3. The van der Waals surface area contributed by atoms with Crippen LogP contribution in [0.5, 0.6) is 5.75 Å². The molecule has 0 unspecified atom stereocenters. The molecule has 0 aliphatic carbocycles. The Morgan fingerprint density at radius 2 is 1.64 bits per heavy atom. The third-order valence-electron chi connectivity index (χ3n) is 3.01. The number of benzene rings is 2. The Balaban J connectivity index is 0. The molecule has 0 spiro atoms. The van der Waals surface area contributed by atoms with Crippen molar-refractivity contribution in [1.82, 2.24) is 5.43 Å². The van der Waals surface area contributed by atoms with Crippen LogP contribution in [0.25, 0.3) is 0 Å². The Kier molecular flexibility index (Phi) is 14.2. The molecule has 0 aliphatic heterocycles. The molecule has 2 aromatic rings. The third kappa shape index (κ3) is 11.7. The van der Waals surface area contributed by atoms with E-state index < -0.39 is 0 Å². The standard InChI is InChI=1S/C10H14.C8H9N3OS.ClH.Ru/c1-8(2)10-6-4-9(3)5-7-10;9-8(13)11-10-5-6-1-3-7(12)4-2-6;;/h4-8H,1-3H3;1-5,12H,(H3,9,11,13);1H;/q;;;+2/p-2/b;10-5-;;. The van der Waals surface area contributed by atoms with Crippen LogP contribution in [0.1, 0.15) is 36.5 Å². The number of thiocarbonyl (C=S) groups is 1. The van der Waals surface area contributed by atoms with Crippen molar-refractivity contribution in [2.24, 2.45) is 10.8 Å². The van der Waals surface area contributed by atoms with Gasteiger partial charge >= 0.3 is 19.5 Å². The number of halogens is 1. The summed E-state index contributed by atoms with van der Waals surface area (Å²) >= 11 is 4.53. The zero-order chi connectivity index (χ0) is 17.2. The second kappa shape index (κ2) is 13.8. The van der Waals surface area contributed by atoms with Crippen LogP contribution in [0.15, 0.2) is 53.6 Å². The maximum Gasteiger partial charge on any atom is 2.00 e. The van der Waals surface area contributed by atoms with E-state index in [1.165, 1.54) is 29.5 Å². The summed E-state index contributed by atoms with van der Waals surface area (Å²) in [6, 6.07) is 15.0. The van der Waals surface area contributed by atoms with Crippen LogP contribution in [-0.2, 0) is 19.5 Å². The summed E-state index contributed by atoms with van der Waals surface area (Å²) < 4.78 is 0. The first-order valence-corrected chi connectivity index (χ1v) is 7.71. The van der Waals surface area contributed by atoms with Crippen molar-refractivity contribution in [3.05, 3.63) is 65.2 Å². The molecular weight excluding hydrogens is 443 g/mol. The summed E-state index contributed by atoms with van der Waals surface area (Å²) in [6.07, 6.45) is 1.53. The Morgan fingerprint density at radius 1 is 1.12 bits per heavy atom. The first-order valence-electron chi connectivity index (χ1n) is 7.30. The van der Waals surface area contributed by atoms with Gasteiger partial charge in [0.1, 0.15) is 0 Å². The van der Waals surface area contributed by atoms with Crippen molar-refractivity contribution in [1.29, 1.82) is 0 Å². The van der Waals surface area contributed by atoms with Gasteiger partial charge in [0.15, 0.2) is 5.11 Å². The first-order chi connectivity index (χ1) is 10.9. The normalized spacial score (nSPS) is 9.44. The molecule has 0 amide bonds. The Labute approximate surface area is 174 Å². The fourth-order valence-electron chi connectivity index (χ4n) is 1.68. The number of nitrogens with zero attached hydrogens (tertiary/aromatic N) is 1. The minimum atomic E-state index is -0.0283. The number of nitrogens with one attached hydrogen (secondary N) is 1. The van der Waals surface area contributed by atoms with E-state index in [1.54, 1.807) is 12.1 Å². The zero-order valence-corrected chi connectivity index (χ0v) is 17.7. The molecule has 0 radical (unpaired) electrons. The summed E-state index contributed by atoms with van der Waals surface area (Å²) in [6.45, 7) is 6.54. The SMILES string of the molecule is Cc1ccc(C(C)C)cc1.NC(=S)N/N=C\c1ccc([O-])cc1.[Cl-].[Ru+2]. The largest absolute Gasteiger partial charge is 2.00 e. The summed E-state index contributed by atoms with van der Waals surface area (Å²) in [5.41, 5.74) is 11.1. The topological polar surface area (TPSA) is 73.5 Å². The van der Waals surface area contributed by atoms with Gasteiger partial charge in [0, 0.05) is 0 Å². The molecular formula is C18H22ClN3ORuS. The molecule has 2 rings (SSSR count). The van der Waals surface area contributed by atoms with E-state index >= 15 is 0 Å². The maximum atomic E-state index is 10.7. The van der Waals surface area contributed by atoms with E-state index in [0.717, 1.165) is 5.56 Å². The van der Waals surface area contributed by atoms with Gasteiger partial charge in [0.05, 0.1) is 6.21 Å². The smallest absolute Gasteiger partial charge is 1.00 e. The fourth-order valence-corrected chi connectivity index (χ4v) is 1.73. The second-order valence-electron chi connectivity index (χ2n) is 5.37. The van der Waals surface area contributed by atoms with Crippen LogP contribution >= 0.6 is 12.2 Å². The van der Waals surface area contributed by atoms with Crippen molar-refractivity contribution >= 4 is 23.5 Å². The fraction of sp³-hybridized carbons (Fsp3) is 0.222. The van der Waals surface area contributed by atoms with Gasteiger partial charge in [-0.15, -0.1) is 5.75 Å². The number of hydrogen-bond donors (Lipinski definition) is 2. The van der Waals surface area contributed by atoms with Gasteiger partial charge in [-0.25, -0.2) is 0 Å². The number of hydrogen-bond acceptors (Lipinski definition) is 3. The van der Waals surface area contributed by atoms with Gasteiger partial charge in [-0.3, -0.25) is 5.43 Å². The Hall–Kier alpha value is -1.49. The maximum absolute atomic E-state index is 10.7. The van der Waals surface area contributed by atoms with Gasteiger partial charge < -0.3 is 23.2 Å². The van der Waals surface area contributed by atoms with Crippen molar-refractivity contribution < 1.29 is 37.0 Å². The molecule has 0 aromatic heterocycles. The molecule has 0 saturated carbocycles. The number of aryl methyl sites for hydroxylation is 1. The predicted octanol–water partition coefficient (Wildman–Crippen LogP) is 0.0472. The number of nitrogens with two attached hydrogens (primary N) is 1. The predicted molar refractivity (Wildman–Crippen MR) is 98.7 cm³/mol. The van der Waals surface area contributed by atoms with Gasteiger partial charge in [0.2, 0.25) is 0 Å². The summed E-state index contributed by atoms with van der Waals surface area (Å²) in [4.78, 5) is 0. The van der Waals surface area contributed by atoms with Crippen LogP contribution in [-0.4, -0.2) is 11.3 Å². The monoisotopic (exact) mass is 465 g/mol. The van der Waals surface area contributed by atoms with Crippen LogP contribution in [0.2, 0.25) is 0 Å². The third-order valence-corrected chi connectivity index (χ3v) is 3.10. The summed E-state index contributed by atoms with van der Waals surface area (Å²) in [7, 11) is 0. The van der Waals surface area contributed by atoms with E-state index in [2.05, 4.69) is 67.8 Å². The van der Waals surface area contributed by atoms with Crippen molar-refractivity contribution in [3.8, 4) is 5.75 Å². The molecule has 0 saturated heterocycles. The first kappa shape index (κ1) is 25.8. The Bertz CT molecular complexity index is 646. The molecule has 2 aromatic carbocycles. The van der Waals surface area contributed by atoms with Crippen molar-refractivity contribution in [2.45, 2.75) is 26.7 Å².